The molecule has 0 bridgehead atoms. The van der Waals surface area contributed by atoms with Gasteiger partial charge in [-0.05, 0) is 45.7 Å². The van der Waals surface area contributed by atoms with Crippen molar-refractivity contribution in [1.82, 2.24) is 10.2 Å². The van der Waals surface area contributed by atoms with E-state index in [1.807, 2.05) is 0 Å². The number of alkyl halides is 3. The van der Waals surface area contributed by atoms with Crippen molar-refractivity contribution in [1.29, 1.82) is 0 Å². The number of amides is 3. The first-order chi connectivity index (χ1) is 13.3. The summed E-state index contributed by atoms with van der Waals surface area (Å²) in [6.45, 7) is 5.79. The van der Waals surface area contributed by atoms with Gasteiger partial charge in [-0.2, -0.15) is 13.2 Å². The van der Waals surface area contributed by atoms with E-state index in [0.29, 0.717) is 12.8 Å². The topological polar surface area (TPSA) is 70.7 Å². The zero-order chi connectivity index (χ0) is 22.0. The maximum Gasteiger partial charge on any atom is 0.418 e. The Morgan fingerprint density at radius 1 is 1.21 bits per heavy atom. The number of nitrogens with one attached hydrogen (secondary N) is 2. The molecule has 0 aromatic heterocycles. The predicted octanol–water partition coefficient (Wildman–Crippen LogP) is 5.64. The Morgan fingerprint density at radius 2 is 1.79 bits per heavy atom. The van der Waals surface area contributed by atoms with Gasteiger partial charge in [0.25, 0.3) is 0 Å². The van der Waals surface area contributed by atoms with Crippen LogP contribution in [0.5, 0.6) is 0 Å². The fourth-order valence-electron chi connectivity index (χ4n) is 2.81. The van der Waals surface area contributed by atoms with E-state index in [0.717, 1.165) is 6.07 Å². The lowest BCUT2D eigenvalue weighted by atomic mass is 10.1. The van der Waals surface area contributed by atoms with Crippen molar-refractivity contribution in [3.05, 3.63) is 27.2 Å². The first-order valence-corrected chi connectivity index (χ1v) is 10.0. The van der Waals surface area contributed by atoms with Gasteiger partial charge in [0, 0.05) is 23.6 Å². The third-order valence-electron chi connectivity index (χ3n) is 4.10. The van der Waals surface area contributed by atoms with Crippen LogP contribution in [0.3, 0.4) is 0 Å². The molecule has 2 N–H and O–H groups in total. The van der Waals surface area contributed by atoms with Gasteiger partial charge < -0.3 is 20.3 Å². The summed E-state index contributed by atoms with van der Waals surface area (Å²) < 4.78 is 45.2. The number of benzene rings is 1. The van der Waals surface area contributed by atoms with Crippen molar-refractivity contribution >= 4 is 45.3 Å². The number of likely N-dealkylation sites (tertiary alicyclic amines) is 1. The van der Waals surface area contributed by atoms with E-state index in [9.17, 15) is 22.8 Å². The van der Waals surface area contributed by atoms with E-state index in [-0.39, 0.29) is 28.6 Å². The second kappa shape index (κ2) is 8.99. The third-order valence-corrected chi connectivity index (χ3v) is 4.85. The Balaban J connectivity index is 1.98. The Morgan fingerprint density at radius 3 is 2.31 bits per heavy atom. The van der Waals surface area contributed by atoms with E-state index in [2.05, 4.69) is 26.6 Å². The molecule has 1 saturated heterocycles. The van der Waals surface area contributed by atoms with Gasteiger partial charge >= 0.3 is 18.3 Å². The van der Waals surface area contributed by atoms with Gasteiger partial charge in [0.15, 0.2) is 0 Å². The molecule has 1 aromatic rings. The summed E-state index contributed by atoms with van der Waals surface area (Å²) in [6.07, 6.45) is -4.32. The molecule has 0 atom stereocenters. The minimum Gasteiger partial charge on any atom is -0.444 e. The number of nitrogens with zero attached hydrogens (tertiary/aromatic N) is 1. The molecule has 1 aliphatic heterocycles. The van der Waals surface area contributed by atoms with Gasteiger partial charge in [-0.3, -0.25) is 0 Å². The summed E-state index contributed by atoms with van der Waals surface area (Å²) in [5.74, 6) is 0. The van der Waals surface area contributed by atoms with Crippen LogP contribution >= 0.6 is 27.5 Å². The molecule has 0 saturated carbocycles. The SMILES string of the molecule is CC(C)(C)OC(=O)NC1CCN(C(=O)Nc2c(Cl)cc(Br)cc2C(F)(F)F)CC1. The van der Waals surface area contributed by atoms with Crippen molar-refractivity contribution in [2.24, 2.45) is 0 Å². The fourth-order valence-corrected chi connectivity index (χ4v) is 3.67. The second-order valence-corrected chi connectivity index (χ2v) is 8.97. The van der Waals surface area contributed by atoms with Crippen LogP contribution in [-0.2, 0) is 10.9 Å². The van der Waals surface area contributed by atoms with Crippen LogP contribution in [0, 0.1) is 0 Å². The molecule has 0 aliphatic carbocycles. The van der Waals surface area contributed by atoms with Crippen molar-refractivity contribution in [2.45, 2.75) is 51.4 Å². The number of halogens is 5. The molecular weight excluding hydrogens is 479 g/mol. The molecule has 1 fully saturated rings. The van der Waals surface area contributed by atoms with E-state index >= 15 is 0 Å². The Labute approximate surface area is 180 Å². The largest absolute Gasteiger partial charge is 0.444 e. The highest BCUT2D eigenvalue weighted by Crippen LogP contribution is 2.40. The number of rotatable bonds is 2. The Kier molecular flexibility index (Phi) is 7.32. The number of alkyl carbamates (subject to hydrolysis) is 1. The molecule has 11 heteroatoms. The standard InChI is InChI=1S/C18H22BrClF3N3O3/c1-17(2,3)29-16(28)24-11-4-6-26(7-5-11)15(27)25-14-12(18(21,22)23)8-10(19)9-13(14)20/h8-9,11H,4-7H2,1-3H3,(H,24,28)(H,25,27). The molecule has 6 nitrogen and oxygen atoms in total. The summed E-state index contributed by atoms with van der Waals surface area (Å²) in [5.41, 5.74) is -2.14. The molecular formula is C18H22BrClF3N3O3. The lowest BCUT2D eigenvalue weighted by Gasteiger charge is -2.33. The number of piperidine rings is 1. The van der Waals surface area contributed by atoms with Crippen LogP contribution in [0.2, 0.25) is 5.02 Å². The van der Waals surface area contributed by atoms with Crippen molar-refractivity contribution in [3.8, 4) is 0 Å². The number of carbonyl (C=O) groups excluding carboxylic acids is 2. The highest BCUT2D eigenvalue weighted by molar-refractivity contribution is 9.10. The highest BCUT2D eigenvalue weighted by Gasteiger charge is 2.36. The van der Waals surface area contributed by atoms with Crippen LogP contribution in [0.1, 0.15) is 39.2 Å². The van der Waals surface area contributed by atoms with Crippen LogP contribution in [0.15, 0.2) is 16.6 Å². The molecule has 29 heavy (non-hydrogen) atoms. The quantitative estimate of drug-likeness (QED) is 0.552. The Hall–Kier alpha value is -1.68. The average molecular weight is 501 g/mol. The number of ether oxygens (including phenoxy) is 1. The zero-order valence-electron chi connectivity index (χ0n) is 16.1. The zero-order valence-corrected chi connectivity index (χ0v) is 18.5. The summed E-state index contributed by atoms with van der Waals surface area (Å²) >= 11 is 8.91. The summed E-state index contributed by atoms with van der Waals surface area (Å²) in [5, 5.41) is 4.78. The number of carbonyl (C=O) groups is 2. The number of anilines is 1. The van der Waals surface area contributed by atoms with Crippen LogP contribution in [0.25, 0.3) is 0 Å². The van der Waals surface area contributed by atoms with Crippen molar-refractivity contribution in [2.75, 3.05) is 18.4 Å². The van der Waals surface area contributed by atoms with E-state index in [4.69, 9.17) is 16.3 Å². The molecule has 1 heterocycles. The van der Waals surface area contributed by atoms with Gasteiger partial charge in [-0.15, -0.1) is 0 Å². The number of urea groups is 1. The van der Waals surface area contributed by atoms with Gasteiger partial charge in [-0.1, -0.05) is 27.5 Å². The maximum absolute atomic E-state index is 13.3. The number of hydrogen-bond donors (Lipinski definition) is 2. The molecule has 1 aliphatic rings. The third kappa shape index (κ3) is 6.95. The molecule has 0 radical (unpaired) electrons. The Bertz CT molecular complexity index is 776. The lowest BCUT2D eigenvalue weighted by molar-refractivity contribution is -0.137. The van der Waals surface area contributed by atoms with E-state index in [1.54, 1.807) is 20.8 Å². The highest BCUT2D eigenvalue weighted by atomic mass is 79.9. The van der Waals surface area contributed by atoms with Crippen LogP contribution in [-0.4, -0.2) is 41.8 Å². The molecule has 162 valence electrons. The molecule has 0 spiro atoms. The molecule has 2 rings (SSSR count). The minimum absolute atomic E-state index is 0.154. The van der Waals surface area contributed by atoms with Crippen molar-refractivity contribution in [3.63, 3.8) is 0 Å². The van der Waals surface area contributed by atoms with Crippen molar-refractivity contribution < 1.29 is 27.5 Å². The van der Waals surface area contributed by atoms with Crippen LogP contribution < -0.4 is 10.6 Å². The number of hydrogen-bond acceptors (Lipinski definition) is 3. The average Bonchev–Trinajstić information content (AvgIpc) is 2.54. The smallest absolute Gasteiger partial charge is 0.418 e. The lowest BCUT2D eigenvalue weighted by Crippen LogP contribution is -2.48. The fraction of sp³-hybridized carbons (Fsp3) is 0.556. The predicted molar refractivity (Wildman–Crippen MR) is 107 cm³/mol. The first kappa shape index (κ1) is 23.6. The molecule has 3 amide bonds. The van der Waals surface area contributed by atoms with Crippen LogP contribution in [0.4, 0.5) is 28.4 Å². The first-order valence-electron chi connectivity index (χ1n) is 8.88. The van der Waals surface area contributed by atoms with Gasteiger partial charge in [0.1, 0.15) is 5.60 Å². The minimum atomic E-state index is -4.68. The van der Waals surface area contributed by atoms with E-state index < -0.39 is 35.2 Å². The van der Waals surface area contributed by atoms with Gasteiger partial charge in [-0.25, -0.2) is 9.59 Å². The van der Waals surface area contributed by atoms with Gasteiger partial charge in [0.2, 0.25) is 0 Å². The molecule has 1 aromatic carbocycles. The summed E-state index contributed by atoms with van der Waals surface area (Å²) in [7, 11) is 0. The van der Waals surface area contributed by atoms with E-state index in [1.165, 1.54) is 11.0 Å². The monoisotopic (exact) mass is 499 g/mol. The normalized spacial score (nSPS) is 15.8. The maximum atomic E-state index is 13.3. The van der Waals surface area contributed by atoms with Gasteiger partial charge in [0.05, 0.1) is 16.3 Å². The second-order valence-electron chi connectivity index (χ2n) is 7.65. The summed E-state index contributed by atoms with van der Waals surface area (Å²) in [4.78, 5) is 25.7. The summed E-state index contributed by atoms with van der Waals surface area (Å²) in [6, 6.07) is 1.27. The molecule has 0 unspecified atom stereocenters.